The Bertz CT molecular complexity index is 450. The number of aromatic nitrogens is 1. The summed E-state index contributed by atoms with van der Waals surface area (Å²) in [5.41, 5.74) is 1.01. The van der Waals surface area contributed by atoms with Crippen molar-refractivity contribution >= 4 is 5.91 Å². The van der Waals surface area contributed by atoms with Gasteiger partial charge in [-0.15, -0.1) is 0 Å². The summed E-state index contributed by atoms with van der Waals surface area (Å²) in [5.74, 6) is 0.175. The molecule has 4 heteroatoms. The molecule has 1 unspecified atom stereocenters. The second-order valence-corrected chi connectivity index (χ2v) is 3.97. The van der Waals surface area contributed by atoms with E-state index >= 15 is 0 Å². The molecule has 1 atom stereocenters. The van der Waals surface area contributed by atoms with Gasteiger partial charge in [0.25, 0.3) is 0 Å². The van der Waals surface area contributed by atoms with Crippen LogP contribution in [0.1, 0.15) is 24.4 Å². The molecule has 80 valence electrons. The van der Waals surface area contributed by atoms with E-state index in [9.17, 15) is 9.59 Å². The van der Waals surface area contributed by atoms with Crippen LogP contribution in [0.15, 0.2) is 23.1 Å². The van der Waals surface area contributed by atoms with Crippen molar-refractivity contribution in [3.63, 3.8) is 0 Å². The average molecular weight is 206 g/mol. The van der Waals surface area contributed by atoms with Gasteiger partial charge >= 0.3 is 0 Å². The molecule has 0 radical (unpaired) electrons. The predicted molar refractivity (Wildman–Crippen MR) is 56.4 cm³/mol. The lowest BCUT2D eigenvalue weighted by atomic mass is 10.1. The summed E-state index contributed by atoms with van der Waals surface area (Å²) >= 11 is 0. The molecule has 1 saturated heterocycles. The maximum absolute atomic E-state index is 11.4. The molecule has 1 aliphatic rings. The van der Waals surface area contributed by atoms with Crippen molar-refractivity contribution in [2.45, 2.75) is 18.9 Å². The number of likely N-dealkylation sites (tertiary alicyclic amines) is 1. The molecule has 1 aromatic rings. The fourth-order valence-electron chi connectivity index (χ4n) is 2.01. The molecule has 0 spiro atoms. The Hall–Kier alpha value is -1.58. The SMILES string of the molecule is CN1C(=O)CCC1c1ccc(=O)n(C)c1. The number of nitrogens with zero attached hydrogens (tertiary/aromatic N) is 2. The number of carbonyl (C=O) groups excluding carboxylic acids is 1. The van der Waals surface area contributed by atoms with E-state index in [0.29, 0.717) is 6.42 Å². The predicted octanol–water partition coefficient (Wildman–Crippen LogP) is 0.679. The Kier molecular flexibility index (Phi) is 2.34. The number of hydrogen-bond acceptors (Lipinski definition) is 2. The Labute approximate surface area is 88.1 Å². The Morgan fingerprint density at radius 2 is 2.00 bits per heavy atom. The number of pyridine rings is 1. The van der Waals surface area contributed by atoms with E-state index in [1.54, 1.807) is 22.6 Å². The minimum Gasteiger partial charge on any atom is -0.339 e. The molecule has 1 aromatic heterocycles. The number of carbonyl (C=O) groups is 1. The number of amides is 1. The van der Waals surface area contributed by atoms with Crippen LogP contribution >= 0.6 is 0 Å². The van der Waals surface area contributed by atoms with Crippen molar-refractivity contribution in [2.75, 3.05) is 7.05 Å². The zero-order valence-electron chi connectivity index (χ0n) is 8.93. The summed E-state index contributed by atoms with van der Waals surface area (Å²) in [6.45, 7) is 0. The highest BCUT2D eigenvalue weighted by Gasteiger charge is 2.28. The third-order valence-electron chi connectivity index (χ3n) is 2.99. The van der Waals surface area contributed by atoms with E-state index in [0.717, 1.165) is 12.0 Å². The van der Waals surface area contributed by atoms with Gasteiger partial charge in [0.2, 0.25) is 11.5 Å². The molecule has 0 aliphatic carbocycles. The molecule has 0 N–H and O–H groups in total. The Balaban J connectivity index is 2.34. The van der Waals surface area contributed by atoms with Gasteiger partial charge in [0, 0.05) is 32.8 Å². The Morgan fingerprint density at radius 3 is 2.53 bits per heavy atom. The van der Waals surface area contributed by atoms with E-state index in [4.69, 9.17) is 0 Å². The van der Waals surface area contributed by atoms with Crippen LogP contribution in [-0.2, 0) is 11.8 Å². The molecule has 15 heavy (non-hydrogen) atoms. The summed E-state index contributed by atoms with van der Waals surface area (Å²) in [6.07, 6.45) is 3.25. The molecule has 0 aromatic carbocycles. The average Bonchev–Trinajstić information content (AvgIpc) is 2.53. The summed E-state index contributed by atoms with van der Waals surface area (Å²) in [5, 5.41) is 0. The number of hydrogen-bond donors (Lipinski definition) is 0. The number of rotatable bonds is 1. The van der Waals surface area contributed by atoms with E-state index in [2.05, 4.69) is 0 Å². The van der Waals surface area contributed by atoms with Crippen molar-refractivity contribution in [1.29, 1.82) is 0 Å². The van der Waals surface area contributed by atoms with Gasteiger partial charge < -0.3 is 9.47 Å². The van der Waals surface area contributed by atoms with Gasteiger partial charge in [0.15, 0.2) is 0 Å². The summed E-state index contributed by atoms with van der Waals surface area (Å²) in [4.78, 5) is 24.3. The summed E-state index contributed by atoms with van der Waals surface area (Å²) in [7, 11) is 3.54. The summed E-state index contributed by atoms with van der Waals surface area (Å²) < 4.78 is 1.55. The number of aryl methyl sites for hydroxylation is 1. The molecular weight excluding hydrogens is 192 g/mol. The second kappa shape index (κ2) is 3.53. The van der Waals surface area contributed by atoms with Crippen molar-refractivity contribution in [3.05, 3.63) is 34.2 Å². The minimum absolute atomic E-state index is 0.0225. The third kappa shape index (κ3) is 1.67. The molecule has 1 fully saturated rings. The monoisotopic (exact) mass is 206 g/mol. The molecule has 1 amide bonds. The summed E-state index contributed by atoms with van der Waals surface area (Å²) in [6, 6.07) is 3.48. The first-order valence-electron chi connectivity index (χ1n) is 5.02. The first kappa shape index (κ1) is 9.96. The molecule has 2 rings (SSSR count). The van der Waals surface area contributed by atoms with Crippen LogP contribution in [0.25, 0.3) is 0 Å². The van der Waals surface area contributed by atoms with Crippen molar-refractivity contribution < 1.29 is 4.79 Å². The van der Waals surface area contributed by atoms with Gasteiger partial charge in [-0.1, -0.05) is 6.07 Å². The smallest absolute Gasteiger partial charge is 0.250 e. The fraction of sp³-hybridized carbons (Fsp3) is 0.455. The molecule has 2 heterocycles. The van der Waals surface area contributed by atoms with E-state index in [-0.39, 0.29) is 17.5 Å². The van der Waals surface area contributed by atoms with Gasteiger partial charge in [-0.3, -0.25) is 9.59 Å². The van der Waals surface area contributed by atoms with Gasteiger partial charge in [0.1, 0.15) is 0 Å². The highest BCUT2D eigenvalue weighted by Crippen LogP contribution is 2.30. The van der Waals surface area contributed by atoms with Crippen LogP contribution in [0.4, 0.5) is 0 Å². The first-order chi connectivity index (χ1) is 7.09. The van der Waals surface area contributed by atoms with Crippen LogP contribution in [0.2, 0.25) is 0 Å². The lowest BCUT2D eigenvalue weighted by Crippen LogP contribution is -2.24. The molecule has 1 aliphatic heterocycles. The largest absolute Gasteiger partial charge is 0.339 e. The normalized spacial score (nSPS) is 21.1. The standard InChI is InChI=1S/C11H14N2O2/c1-12-7-8(3-5-10(12)14)9-4-6-11(15)13(9)2/h3,5,7,9H,4,6H2,1-2H3. The molecule has 4 nitrogen and oxygen atoms in total. The van der Waals surface area contributed by atoms with Crippen LogP contribution in [0.5, 0.6) is 0 Å². The van der Waals surface area contributed by atoms with E-state index in [1.165, 1.54) is 0 Å². The van der Waals surface area contributed by atoms with Gasteiger partial charge in [-0.2, -0.15) is 0 Å². The first-order valence-corrected chi connectivity index (χ1v) is 5.02. The maximum atomic E-state index is 11.4. The lowest BCUT2D eigenvalue weighted by Gasteiger charge is -2.20. The molecule has 0 bridgehead atoms. The highest BCUT2D eigenvalue weighted by molar-refractivity contribution is 5.78. The fourth-order valence-corrected chi connectivity index (χ4v) is 2.01. The second-order valence-electron chi connectivity index (χ2n) is 3.97. The van der Waals surface area contributed by atoms with E-state index < -0.39 is 0 Å². The van der Waals surface area contributed by atoms with Crippen molar-refractivity contribution in [2.24, 2.45) is 7.05 Å². The van der Waals surface area contributed by atoms with Gasteiger partial charge in [0.05, 0.1) is 6.04 Å². The molecule has 0 saturated carbocycles. The van der Waals surface area contributed by atoms with Crippen LogP contribution in [0.3, 0.4) is 0 Å². The maximum Gasteiger partial charge on any atom is 0.250 e. The lowest BCUT2D eigenvalue weighted by molar-refractivity contribution is -0.127. The van der Waals surface area contributed by atoms with Crippen LogP contribution in [-0.4, -0.2) is 22.4 Å². The Morgan fingerprint density at radius 1 is 1.27 bits per heavy atom. The quantitative estimate of drug-likeness (QED) is 0.678. The van der Waals surface area contributed by atoms with Crippen molar-refractivity contribution in [1.82, 2.24) is 9.47 Å². The highest BCUT2D eigenvalue weighted by atomic mass is 16.2. The van der Waals surface area contributed by atoms with Gasteiger partial charge in [-0.25, -0.2) is 0 Å². The van der Waals surface area contributed by atoms with Crippen molar-refractivity contribution in [3.8, 4) is 0 Å². The molecular formula is C11H14N2O2. The van der Waals surface area contributed by atoms with Crippen LogP contribution < -0.4 is 5.56 Å². The zero-order chi connectivity index (χ0) is 11.0. The third-order valence-corrected chi connectivity index (χ3v) is 2.99. The van der Waals surface area contributed by atoms with Crippen LogP contribution in [0, 0.1) is 0 Å². The topological polar surface area (TPSA) is 42.3 Å². The van der Waals surface area contributed by atoms with Gasteiger partial charge in [-0.05, 0) is 12.0 Å². The zero-order valence-corrected chi connectivity index (χ0v) is 8.93. The minimum atomic E-state index is -0.0225. The van der Waals surface area contributed by atoms with E-state index in [1.807, 2.05) is 19.3 Å².